The van der Waals surface area contributed by atoms with Gasteiger partial charge in [-0.1, -0.05) is 0 Å². The van der Waals surface area contributed by atoms with Gasteiger partial charge in [-0.2, -0.15) is 5.26 Å². The van der Waals surface area contributed by atoms with E-state index in [1.807, 2.05) is 6.07 Å². The molecule has 0 unspecified atom stereocenters. The Morgan fingerprint density at radius 2 is 2.11 bits per heavy atom. The predicted molar refractivity (Wildman–Crippen MR) is 97.3 cm³/mol. The molecule has 2 aromatic rings. The highest BCUT2D eigenvalue weighted by atomic mass is 16.6. The monoisotopic (exact) mass is 387 g/mol. The van der Waals surface area contributed by atoms with Crippen LogP contribution in [-0.4, -0.2) is 33.4 Å². The predicted octanol–water partition coefficient (Wildman–Crippen LogP) is 2.45. The maximum atomic E-state index is 12.6. The van der Waals surface area contributed by atoms with E-state index in [4.69, 9.17) is 9.84 Å². The third-order valence-corrected chi connectivity index (χ3v) is 3.94. The lowest BCUT2D eigenvalue weighted by Gasteiger charge is -2.12. The number of aromatic hydroxyl groups is 1. The molecular formula is C17H17N5O6. The number of nitro groups is 1. The lowest BCUT2D eigenvalue weighted by Crippen LogP contribution is -2.22. The zero-order valence-corrected chi connectivity index (χ0v) is 15.1. The number of aliphatic hydroxyl groups is 1. The van der Waals surface area contributed by atoms with Crippen LogP contribution in [0.25, 0.3) is 0 Å². The van der Waals surface area contributed by atoms with Gasteiger partial charge >= 0.3 is 0 Å². The van der Waals surface area contributed by atoms with Crippen molar-refractivity contribution in [2.75, 3.05) is 13.7 Å². The zero-order valence-electron chi connectivity index (χ0n) is 15.1. The Morgan fingerprint density at radius 3 is 2.68 bits per heavy atom. The van der Waals surface area contributed by atoms with Crippen LogP contribution in [0.5, 0.6) is 11.6 Å². The molecule has 0 aliphatic carbocycles. The van der Waals surface area contributed by atoms with Crippen molar-refractivity contribution < 1.29 is 19.9 Å². The molecule has 11 nitrogen and oxygen atoms in total. The number of nitrogens with zero attached hydrogens (tertiary/aromatic N) is 5. The maximum absolute atomic E-state index is 12.6. The molecule has 2 N–H and O–H groups in total. The van der Waals surface area contributed by atoms with Gasteiger partial charge in [0.25, 0.3) is 11.2 Å². The topological polar surface area (TPSA) is 163 Å². The van der Waals surface area contributed by atoms with E-state index in [-0.39, 0.29) is 53.5 Å². The number of rotatable bonds is 7. The van der Waals surface area contributed by atoms with Crippen molar-refractivity contribution in [2.24, 2.45) is 10.2 Å². The summed E-state index contributed by atoms with van der Waals surface area (Å²) in [6.07, 6.45) is 0.189. The molecule has 1 aromatic heterocycles. The van der Waals surface area contributed by atoms with Gasteiger partial charge in [-0.25, -0.2) is 0 Å². The van der Waals surface area contributed by atoms with Crippen molar-refractivity contribution in [2.45, 2.75) is 19.9 Å². The second kappa shape index (κ2) is 8.74. The molecule has 28 heavy (non-hydrogen) atoms. The fourth-order valence-corrected chi connectivity index (χ4v) is 2.46. The van der Waals surface area contributed by atoms with E-state index in [2.05, 4.69) is 10.2 Å². The number of aromatic nitrogens is 1. The van der Waals surface area contributed by atoms with E-state index in [9.17, 15) is 25.3 Å². The summed E-state index contributed by atoms with van der Waals surface area (Å²) in [7, 11) is 1.31. The molecule has 0 spiro atoms. The van der Waals surface area contributed by atoms with Crippen LogP contribution in [0.15, 0.2) is 33.2 Å². The Hall–Kier alpha value is -3.78. The Balaban J connectivity index is 2.59. The minimum atomic E-state index is -0.688. The van der Waals surface area contributed by atoms with Crippen LogP contribution >= 0.6 is 0 Å². The van der Waals surface area contributed by atoms with Crippen LogP contribution in [0.2, 0.25) is 0 Å². The minimum absolute atomic E-state index is 0.0144. The molecule has 11 heteroatoms. The van der Waals surface area contributed by atoms with Crippen molar-refractivity contribution in [3.8, 4) is 17.7 Å². The summed E-state index contributed by atoms with van der Waals surface area (Å²) in [5.41, 5.74) is -0.924. The number of ether oxygens (including phenoxy) is 1. The Kier molecular flexibility index (Phi) is 6.41. The van der Waals surface area contributed by atoms with Crippen LogP contribution in [0, 0.1) is 28.4 Å². The molecule has 0 atom stereocenters. The Morgan fingerprint density at radius 1 is 1.39 bits per heavy atom. The van der Waals surface area contributed by atoms with Gasteiger partial charge in [-0.05, 0) is 19.4 Å². The van der Waals surface area contributed by atoms with E-state index in [0.29, 0.717) is 0 Å². The van der Waals surface area contributed by atoms with Crippen molar-refractivity contribution in [3.63, 3.8) is 0 Å². The molecule has 2 rings (SSSR count). The van der Waals surface area contributed by atoms with Crippen molar-refractivity contribution in [1.82, 2.24) is 4.57 Å². The summed E-state index contributed by atoms with van der Waals surface area (Å²) in [5.74, 6) is -0.430. The summed E-state index contributed by atoms with van der Waals surface area (Å²) in [6, 6.07) is 5.50. The molecule has 146 valence electrons. The van der Waals surface area contributed by atoms with Gasteiger partial charge < -0.3 is 14.9 Å². The van der Waals surface area contributed by atoms with E-state index in [1.165, 1.54) is 26.2 Å². The Bertz CT molecular complexity index is 1040. The molecule has 0 amide bonds. The van der Waals surface area contributed by atoms with E-state index in [0.717, 1.165) is 10.6 Å². The Labute approximate surface area is 158 Å². The molecule has 0 saturated heterocycles. The van der Waals surface area contributed by atoms with Crippen molar-refractivity contribution in [1.29, 1.82) is 5.26 Å². The lowest BCUT2D eigenvalue weighted by atomic mass is 10.1. The van der Waals surface area contributed by atoms with Gasteiger partial charge in [-0.15, -0.1) is 10.2 Å². The number of non-ortho nitro benzene ring substituents is 1. The molecule has 0 aliphatic heterocycles. The van der Waals surface area contributed by atoms with Gasteiger partial charge in [0.05, 0.1) is 18.1 Å². The highest BCUT2D eigenvalue weighted by molar-refractivity contribution is 5.59. The first-order chi connectivity index (χ1) is 13.3. The third-order valence-electron chi connectivity index (χ3n) is 3.94. The smallest absolute Gasteiger partial charge is 0.281 e. The molecule has 0 radical (unpaired) electrons. The standard InChI is InChI=1S/C17H17N5O6/c1-10-12(9-18)16(24)21(6-3-7-23)17(25)15(10)20-19-13-5-4-11(22(26)27)8-14(13)28-2/h4-5,8,23-24H,3,6-7H2,1-2H3. The lowest BCUT2D eigenvalue weighted by molar-refractivity contribution is -0.384. The fourth-order valence-electron chi connectivity index (χ4n) is 2.46. The summed E-state index contributed by atoms with van der Waals surface area (Å²) in [5, 5.41) is 47.1. The molecule has 0 saturated carbocycles. The van der Waals surface area contributed by atoms with Crippen LogP contribution < -0.4 is 10.3 Å². The molecule has 0 fully saturated rings. The molecule has 0 bridgehead atoms. The number of hydrogen-bond donors (Lipinski definition) is 2. The largest absolute Gasteiger partial charge is 0.494 e. The number of benzene rings is 1. The number of nitro benzene ring substituents is 1. The van der Waals surface area contributed by atoms with E-state index >= 15 is 0 Å². The van der Waals surface area contributed by atoms with Gasteiger partial charge in [0, 0.05) is 24.8 Å². The fraction of sp³-hybridized carbons (Fsp3) is 0.294. The maximum Gasteiger partial charge on any atom is 0.281 e. The summed E-state index contributed by atoms with van der Waals surface area (Å²) in [4.78, 5) is 22.9. The van der Waals surface area contributed by atoms with Crippen LogP contribution in [0.4, 0.5) is 17.1 Å². The number of azo groups is 1. The number of aliphatic hydroxyl groups excluding tert-OH is 1. The van der Waals surface area contributed by atoms with E-state index < -0.39 is 16.4 Å². The highest BCUT2D eigenvalue weighted by Gasteiger charge is 2.19. The second-order valence-electron chi connectivity index (χ2n) is 5.63. The third kappa shape index (κ3) is 3.97. The first-order valence-corrected chi connectivity index (χ1v) is 8.07. The SMILES string of the molecule is COc1cc([N+](=O)[O-])ccc1N=Nc1c(C)c(C#N)c(O)n(CCCO)c1=O. The summed E-state index contributed by atoms with van der Waals surface area (Å²) in [6.45, 7) is 1.22. The number of nitriles is 1. The van der Waals surface area contributed by atoms with Crippen LogP contribution in [0.1, 0.15) is 17.5 Å². The van der Waals surface area contributed by atoms with Gasteiger partial charge in [-0.3, -0.25) is 19.5 Å². The van der Waals surface area contributed by atoms with Crippen molar-refractivity contribution >= 4 is 17.1 Å². The number of pyridine rings is 1. The first kappa shape index (κ1) is 20.5. The van der Waals surface area contributed by atoms with Crippen molar-refractivity contribution in [3.05, 3.63) is 49.8 Å². The van der Waals surface area contributed by atoms with E-state index in [1.54, 1.807) is 0 Å². The van der Waals surface area contributed by atoms with Gasteiger partial charge in [0.1, 0.15) is 17.3 Å². The molecule has 1 aromatic carbocycles. The first-order valence-electron chi connectivity index (χ1n) is 8.07. The van der Waals surface area contributed by atoms with Crippen LogP contribution in [-0.2, 0) is 6.54 Å². The van der Waals surface area contributed by atoms with Gasteiger partial charge in [0.2, 0.25) is 5.88 Å². The molecule has 0 aliphatic rings. The minimum Gasteiger partial charge on any atom is -0.494 e. The number of methoxy groups -OCH3 is 1. The summed E-state index contributed by atoms with van der Waals surface area (Å²) < 4.78 is 6.00. The average molecular weight is 387 g/mol. The zero-order chi connectivity index (χ0) is 20.8. The molecular weight excluding hydrogens is 370 g/mol. The quantitative estimate of drug-likeness (QED) is 0.418. The highest BCUT2D eigenvalue weighted by Crippen LogP contribution is 2.33. The average Bonchev–Trinajstić information content (AvgIpc) is 2.68. The number of hydrogen-bond acceptors (Lipinski definition) is 9. The van der Waals surface area contributed by atoms with Crippen LogP contribution in [0.3, 0.4) is 0 Å². The normalized spacial score (nSPS) is 10.8. The molecule has 1 heterocycles. The second-order valence-corrected chi connectivity index (χ2v) is 5.63. The summed E-state index contributed by atoms with van der Waals surface area (Å²) >= 11 is 0. The van der Waals surface area contributed by atoms with Gasteiger partial charge in [0.15, 0.2) is 11.4 Å².